The van der Waals surface area contributed by atoms with Gasteiger partial charge in [-0.05, 0) is 43.2 Å². The predicted molar refractivity (Wildman–Crippen MR) is 95.9 cm³/mol. The second kappa shape index (κ2) is 7.22. The lowest BCUT2D eigenvalue weighted by Gasteiger charge is -2.25. The number of sulfonamides is 1. The van der Waals surface area contributed by atoms with Gasteiger partial charge in [-0.1, -0.05) is 6.07 Å². The van der Waals surface area contributed by atoms with Crippen molar-refractivity contribution in [2.45, 2.75) is 18.7 Å². The highest BCUT2D eigenvalue weighted by atomic mass is 32.2. The summed E-state index contributed by atoms with van der Waals surface area (Å²) in [4.78, 5) is 12.6. The first-order valence-corrected chi connectivity index (χ1v) is 9.76. The third-order valence-electron chi connectivity index (χ3n) is 4.20. The zero-order chi connectivity index (χ0) is 18.9. The van der Waals surface area contributed by atoms with E-state index in [1.165, 1.54) is 21.1 Å². The molecule has 0 bridgehead atoms. The van der Waals surface area contributed by atoms with Crippen LogP contribution in [0.1, 0.15) is 21.6 Å². The van der Waals surface area contributed by atoms with Crippen molar-refractivity contribution in [2.24, 2.45) is 7.05 Å². The summed E-state index contributed by atoms with van der Waals surface area (Å²) in [5, 5.41) is 0. The number of aromatic nitrogens is 1. The lowest BCUT2D eigenvalue weighted by Crippen LogP contribution is -2.40. The number of hydrogen-bond acceptors (Lipinski definition) is 5. The van der Waals surface area contributed by atoms with Gasteiger partial charge in [0.05, 0.1) is 13.2 Å². The molecule has 8 heteroatoms. The molecule has 0 aliphatic carbocycles. The molecular weight excluding hydrogens is 356 g/mol. The van der Waals surface area contributed by atoms with Gasteiger partial charge < -0.3 is 14.0 Å². The number of hydrogen-bond donors (Lipinski definition) is 0. The molecule has 1 aromatic heterocycles. The van der Waals surface area contributed by atoms with Crippen LogP contribution in [0.2, 0.25) is 0 Å². The van der Waals surface area contributed by atoms with Crippen molar-refractivity contribution in [2.75, 3.05) is 26.3 Å². The minimum absolute atomic E-state index is 0.0780. The molecule has 1 aliphatic rings. The van der Waals surface area contributed by atoms with Crippen molar-refractivity contribution in [3.05, 3.63) is 47.3 Å². The van der Waals surface area contributed by atoms with Crippen LogP contribution in [0.4, 0.5) is 0 Å². The predicted octanol–water partition coefficient (Wildman–Crippen LogP) is 1.88. The number of esters is 1. The number of nitrogens with zero attached hydrogens (tertiary/aromatic N) is 2. The van der Waals surface area contributed by atoms with E-state index in [0.717, 1.165) is 11.1 Å². The molecule has 0 unspecified atom stereocenters. The minimum atomic E-state index is -3.66. The molecule has 0 atom stereocenters. The van der Waals surface area contributed by atoms with Gasteiger partial charge in [-0.25, -0.2) is 13.2 Å². The van der Waals surface area contributed by atoms with Crippen molar-refractivity contribution in [3.8, 4) is 5.75 Å². The van der Waals surface area contributed by atoms with Gasteiger partial charge in [0.25, 0.3) is 0 Å². The van der Waals surface area contributed by atoms with Gasteiger partial charge in [0.15, 0.2) is 0 Å². The molecule has 0 N–H and O–H groups in total. The zero-order valence-corrected chi connectivity index (χ0v) is 15.9. The first-order valence-electron chi connectivity index (χ1n) is 8.32. The first-order chi connectivity index (χ1) is 12.3. The summed E-state index contributed by atoms with van der Waals surface area (Å²) in [7, 11) is -2.04. The SMILES string of the molecule is Cc1cc(C)cc(OC(=O)c2cc(S(=O)(=O)N3CCOCC3)cn2C)c1. The van der Waals surface area contributed by atoms with Crippen LogP contribution in [-0.2, 0) is 21.8 Å². The molecule has 26 heavy (non-hydrogen) atoms. The van der Waals surface area contributed by atoms with E-state index in [-0.39, 0.29) is 10.6 Å². The highest BCUT2D eigenvalue weighted by Crippen LogP contribution is 2.22. The van der Waals surface area contributed by atoms with Crippen LogP contribution < -0.4 is 4.74 Å². The van der Waals surface area contributed by atoms with E-state index < -0.39 is 16.0 Å². The monoisotopic (exact) mass is 378 g/mol. The summed E-state index contributed by atoms with van der Waals surface area (Å²) < 4.78 is 38.9. The summed E-state index contributed by atoms with van der Waals surface area (Å²) in [5.41, 5.74) is 2.14. The highest BCUT2D eigenvalue weighted by Gasteiger charge is 2.29. The normalized spacial score (nSPS) is 15.8. The molecule has 0 amide bonds. The second-order valence-electron chi connectivity index (χ2n) is 6.40. The Morgan fingerprint density at radius 3 is 2.31 bits per heavy atom. The van der Waals surface area contributed by atoms with E-state index in [0.29, 0.717) is 32.1 Å². The fourth-order valence-electron chi connectivity index (χ4n) is 2.97. The van der Waals surface area contributed by atoms with Crippen molar-refractivity contribution in [1.82, 2.24) is 8.87 Å². The van der Waals surface area contributed by atoms with Crippen LogP contribution in [0.25, 0.3) is 0 Å². The van der Waals surface area contributed by atoms with Gasteiger partial charge >= 0.3 is 5.97 Å². The van der Waals surface area contributed by atoms with Crippen molar-refractivity contribution in [1.29, 1.82) is 0 Å². The minimum Gasteiger partial charge on any atom is -0.422 e. The van der Waals surface area contributed by atoms with Crippen molar-refractivity contribution in [3.63, 3.8) is 0 Å². The van der Waals surface area contributed by atoms with Gasteiger partial charge in [0.1, 0.15) is 16.3 Å². The Hall–Kier alpha value is -2.16. The second-order valence-corrected chi connectivity index (χ2v) is 8.34. The number of carbonyl (C=O) groups excluding carboxylic acids is 1. The third-order valence-corrected chi connectivity index (χ3v) is 6.07. The van der Waals surface area contributed by atoms with E-state index in [4.69, 9.17) is 9.47 Å². The number of benzene rings is 1. The number of carbonyl (C=O) groups is 1. The Morgan fingerprint density at radius 2 is 1.69 bits per heavy atom. The molecule has 0 spiro atoms. The van der Waals surface area contributed by atoms with Crippen LogP contribution in [0.5, 0.6) is 5.75 Å². The Labute approximate surface area is 153 Å². The topological polar surface area (TPSA) is 77.8 Å². The fraction of sp³-hybridized carbons (Fsp3) is 0.389. The van der Waals surface area contributed by atoms with Crippen molar-refractivity contribution < 1.29 is 22.7 Å². The Balaban J connectivity index is 1.84. The van der Waals surface area contributed by atoms with Gasteiger partial charge in [0.2, 0.25) is 10.0 Å². The van der Waals surface area contributed by atoms with Crippen LogP contribution in [-0.4, -0.2) is 49.6 Å². The molecule has 1 aromatic carbocycles. The van der Waals surface area contributed by atoms with E-state index in [9.17, 15) is 13.2 Å². The first kappa shape index (κ1) is 18.6. The quantitative estimate of drug-likeness (QED) is 0.600. The maximum atomic E-state index is 12.7. The number of aryl methyl sites for hydroxylation is 3. The molecule has 3 rings (SSSR count). The summed E-state index contributed by atoms with van der Waals surface area (Å²) in [6, 6.07) is 6.86. The summed E-state index contributed by atoms with van der Waals surface area (Å²) in [6.07, 6.45) is 1.43. The molecule has 0 saturated carbocycles. The van der Waals surface area contributed by atoms with Gasteiger partial charge in [-0.15, -0.1) is 0 Å². The average molecular weight is 378 g/mol. The smallest absolute Gasteiger partial charge is 0.360 e. The van der Waals surface area contributed by atoms with Crippen molar-refractivity contribution >= 4 is 16.0 Å². The van der Waals surface area contributed by atoms with Gasteiger partial charge in [-0.3, -0.25) is 0 Å². The molecule has 2 aromatic rings. The lowest BCUT2D eigenvalue weighted by molar-refractivity contribution is 0.0723. The van der Waals surface area contributed by atoms with Crippen LogP contribution in [0.3, 0.4) is 0 Å². The summed E-state index contributed by atoms with van der Waals surface area (Å²) in [5.74, 6) is -0.160. The maximum Gasteiger partial charge on any atom is 0.360 e. The van der Waals surface area contributed by atoms with Gasteiger partial charge in [-0.2, -0.15) is 4.31 Å². The van der Waals surface area contributed by atoms with Crippen LogP contribution in [0.15, 0.2) is 35.4 Å². The van der Waals surface area contributed by atoms with E-state index in [2.05, 4.69) is 0 Å². The lowest BCUT2D eigenvalue weighted by atomic mass is 10.1. The summed E-state index contributed by atoms with van der Waals surface area (Å²) >= 11 is 0. The van der Waals surface area contributed by atoms with Crippen LogP contribution >= 0.6 is 0 Å². The Kier molecular flexibility index (Phi) is 5.17. The third kappa shape index (κ3) is 3.82. The Morgan fingerprint density at radius 1 is 1.08 bits per heavy atom. The number of rotatable bonds is 4. The van der Waals surface area contributed by atoms with Crippen LogP contribution in [0, 0.1) is 13.8 Å². The highest BCUT2D eigenvalue weighted by molar-refractivity contribution is 7.89. The fourth-order valence-corrected chi connectivity index (χ4v) is 4.45. The molecular formula is C18H22N2O5S. The van der Waals surface area contributed by atoms with E-state index in [1.54, 1.807) is 19.2 Å². The molecule has 1 aliphatic heterocycles. The van der Waals surface area contributed by atoms with E-state index >= 15 is 0 Å². The van der Waals surface area contributed by atoms with Gasteiger partial charge in [0, 0.05) is 26.3 Å². The van der Waals surface area contributed by atoms with E-state index in [1.807, 2.05) is 19.9 Å². The molecule has 140 valence electrons. The average Bonchev–Trinajstić information content (AvgIpc) is 2.97. The maximum absolute atomic E-state index is 12.7. The largest absolute Gasteiger partial charge is 0.422 e. The molecule has 2 heterocycles. The zero-order valence-electron chi connectivity index (χ0n) is 15.1. The number of morpholine rings is 1. The number of ether oxygens (including phenoxy) is 2. The molecule has 1 fully saturated rings. The summed E-state index contributed by atoms with van der Waals surface area (Å²) in [6.45, 7) is 5.18. The standard InChI is InChI=1S/C18H22N2O5S/c1-13-8-14(2)10-15(9-13)25-18(21)17-11-16(12-19(17)3)26(22,23)20-4-6-24-7-5-20/h8-12H,4-7H2,1-3H3. The molecule has 7 nitrogen and oxygen atoms in total. The molecule has 0 radical (unpaired) electrons. The molecule has 1 saturated heterocycles. The Bertz CT molecular complexity index is 907.